The molecule has 1 fully saturated rings. The molecule has 12 heteroatoms. The van der Waals surface area contributed by atoms with Crippen LogP contribution in [0.2, 0.25) is 0 Å². The highest BCUT2D eigenvalue weighted by molar-refractivity contribution is 5.66. The molecule has 2 aromatic rings. The Morgan fingerprint density at radius 1 is 0.929 bits per heavy atom. The van der Waals surface area contributed by atoms with Gasteiger partial charge in [0.25, 0.3) is 11.9 Å². The number of methoxy groups -OCH3 is 2. The topological polar surface area (TPSA) is 179 Å². The number of aliphatic carboxylic acids is 2. The second-order valence-corrected chi connectivity index (χ2v) is 9.18. The van der Waals surface area contributed by atoms with Crippen molar-refractivity contribution in [3.05, 3.63) is 58.7 Å². The lowest BCUT2D eigenvalue weighted by atomic mass is 9.91. The minimum Gasteiger partial charge on any atom is -0.497 e. The van der Waals surface area contributed by atoms with Crippen LogP contribution in [-0.2, 0) is 39.8 Å². The molecule has 0 saturated carbocycles. The Morgan fingerprint density at radius 3 is 2.00 bits per heavy atom. The van der Waals surface area contributed by atoms with Gasteiger partial charge in [-0.1, -0.05) is 12.1 Å². The number of carboxylic acid groups (broad SMARTS) is 2. The van der Waals surface area contributed by atoms with Crippen LogP contribution < -0.4 is 9.47 Å². The third-order valence-corrected chi connectivity index (χ3v) is 5.64. The van der Waals surface area contributed by atoms with Crippen molar-refractivity contribution >= 4 is 23.9 Å². The first-order chi connectivity index (χ1) is 19.8. The van der Waals surface area contributed by atoms with Crippen LogP contribution in [0.1, 0.15) is 68.9 Å². The molecule has 0 spiro atoms. The normalized spacial score (nSPS) is 17.0. The molecule has 1 aliphatic heterocycles. The fourth-order valence-electron chi connectivity index (χ4n) is 4.11. The molecular weight excluding hydrogens is 550 g/mol. The second kappa shape index (κ2) is 17.9. The van der Waals surface area contributed by atoms with Crippen molar-refractivity contribution in [3.8, 4) is 17.6 Å². The highest BCUT2D eigenvalue weighted by Crippen LogP contribution is 2.39. The van der Waals surface area contributed by atoms with Gasteiger partial charge in [-0.3, -0.25) is 19.2 Å². The van der Waals surface area contributed by atoms with Crippen molar-refractivity contribution in [1.82, 2.24) is 0 Å². The molecule has 1 aliphatic rings. The highest BCUT2D eigenvalue weighted by Gasteiger charge is 2.34. The number of nitrogens with zero attached hydrogens (tertiary/aromatic N) is 1. The molecule has 0 amide bonds. The summed E-state index contributed by atoms with van der Waals surface area (Å²) in [6.07, 6.45) is 0.0394. The minimum atomic E-state index is -0.833. The predicted molar refractivity (Wildman–Crippen MR) is 149 cm³/mol. The first-order valence-corrected chi connectivity index (χ1v) is 12.9. The van der Waals surface area contributed by atoms with Crippen LogP contribution >= 0.6 is 0 Å². The van der Waals surface area contributed by atoms with Gasteiger partial charge < -0.3 is 33.9 Å². The largest absolute Gasteiger partial charge is 0.497 e. The number of rotatable bonds is 8. The molecule has 228 valence electrons. The highest BCUT2D eigenvalue weighted by atomic mass is 16.6. The number of hydrogen-bond donors (Lipinski definition) is 2. The first kappa shape index (κ1) is 35.4. The zero-order chi connectivity index (χ0) is 31.8. The number of carbonyl (C=O) groups is 4. The molecule has 1 heterocycles. The Hall–Kier alpha value is -4.63. The number of benzene rings is 2. The number of carbonyl (C=O) groups excluding carboxylic acids is 2. The summed E-state index contributed by atoms with van der Waals surface area (Å²) in [7, 11) is 3.15. The molecule has 12 nitrogen and oxygen atoms in total. The Kier molecular flexibility index (Phi) is 15.1. The van der Waals surface area contributed by atoms with Crippen molar-refractivity contribution in [2.45, 2.75) is 65.3 Å². The van der Waals surface area contributed by atoms with E-state index in [0.29, 0.717) is 30.6 Å². The van der Waals surface area contributed by atoms with E-state index in [9.17, 15) is 14.9 Å². The van der Waals surface area contributed by atoms with Crippen molar-refractivity contribution in [3.63, 3.8) is 0 Å². The van der Waals surface area contributed by atoms with Gasteiger partial charge in [-0.2, -0.15) is 5.26 Å². The number of carboxylic acids is 2. The number of nitriles is 1. The van der Waals surface area contributed by atoms with Gasteiger partial charge in [-0.05, 0) is 41.8 Å². The van der Waals surface area contributed by atoms with Gasteiger partial charge in [0.1, 0.15) is 24.2 Å². The minimum absolute atomic E-state index is 0.0564. The third-order valence-electron chi connectivity index (χ3n) is 5.64. The lowest BCUT2D eigenvalue weighted by Crippen LogP contribution is -2.37. The van der Waals surface area contributed by atoms with E-state index in [1.165, 1.54) is 21.0 Å². The molecule has 2 N–H and O–H groups in total. The van der Waals surface area contributed by atoms with Crippen LogP contribution in [0, 0.1) is 11.3 Å². The Balaban J connectivity index is 0.000000978. The molecular formula is C30H37NO11. The molecule has 3 unspecified atom stereocenters. The lowest BCUT2D eigenvalue weighted by molar-refractivity contribution is -0.169. The second-order valence-electron chi connectivity index (χ2n) is 9.18. The molecule has 3 rings (SSSR count). The maximum absolute atomic E-state index is 11.6. The van der Waals surface area contributed by atoms with Gasteiger partial charge in [0.2, 0.25) is 0 Å². The van der Waals surface area contributed by atoms with E-state index in [2.05, 4.69) is 6.07 Å². The molecule has 42 heavy (non-hydrogen) atoms. The molecule has 0 aliphatic carbocycles. The quantitative estimate of drug-likeness (QED) is 0.424. The number of hydrogen-bond acceptors (Lipinski definition) is 10. The first-order valence-electron chi connectivity index (χ1n) is 12.9. The molecule has 2 aromatic carbocycles. The fourth-order valence-corrected chi connectivity index (χ4v) is 4.11. The van der Waals surface area contributed by atoms with E-state index in [4.69, 9.17) is 43.5 Å². The molecule has 1 saturated heterocycles. The van der Waals surface area contributed by atoms with Crippen LogP contribution in [0.4, 0.5) is 0 Å². The maximum atomic E-state index is 11.6. The molecule has 0 bridgehead atoms. The summed E-state index contributed by atoms with van der Waals surface area (Å²) in [5.74, 6) is -1.20. The monoisotopic (exact) mass is 587 g/mol. The number of esters is 2. The predicted octanol–water partition coefficient (Wildman–Crippen LogP) is 4.06. The van der Waals surface area contributed by atoms with Gasteiger partial charge in [0, 0.05) is 46.1 Å². The van der Waals surface area contributed by atoms with Crippen molar-refractivity contribution in [1.29, 1.82) is 5.26 Å². The van der Waals surface area contributed by atoms with Crippen molar-refractivity contribution < 1.29 is 53.1 Å². The zero-order valence-corrected chi connectivity index (χ0v) is 24.5. The lowest BCUT2D eigenvalue weighted by Gasteiger charge is -2.35. The third kappa shape index (κ3) is 13.1. The van der Waals surface area contributed by atoms with Gasteiger partial charge in [0.05, 0.1) is 38.1 Å². The van der Waals surface area contributed by atoms with Crippen molar-refractivity contribution in [2.24, 2.45) is 0 Å². The summed E-state index contributed by atoms with van der Waals surface area (Å²) in [5.41, 5.74) is 3.08. The average Bonchev–Trinajstić information content (AvgIpc) is 2.91. The van der Waals surface area contributed by atoms with Crippen LogP contribution in [0.5, 0.6) is 11.5 Å². The zero-order valence-electron chi connectivity index (χ0n) is 24.5. The van der Waals surface area contributed by atoms with Gasteiger partial charge in [-0.15, -0.1) is 0 Å². The van der Waals surface area contributed by atoms with Crippen molar-refractivity contribution in [2.75, 3.05) is 20.8 Å². The van der Waals surface area contributed by atoms with E-state index >= 15 is 0 Å². The van der Waals surface area contributed by atoms with Crippen LogP contribution in [0.25, 0.3) is 0 Å². The Morgan fingerprint density at radius 2 is 1.52 bits per heavy atom. The summed E-state index contributed by atoms with van der Waals surface area (Å²) >= 11 is 0. The SMILES string of the molecule is CC(=O)O.CC(=O)O.COc1ccc(Cc2cc(C3CC(OC(C)=O)CC(COC(C)=O)O3)c(OC)cc2C#N)cc1. The van der Waals surface area contributed by atoms with Crippen LogP contribution in [0.3, 0.4) is 0 Å². The summed E-state index contributed by atoms with van der Waals surface area (Å²) in [6.45, 7) is 4.92. The van der Waals surface area contributed by atoms with E-state index in [1.54, 1.807) is 13.2 Å². The van der Waals surface area contributed by atoms with E-state index in [1.807, 2.05) is 30.3 Å². The standard InChI is InChI=1S/C26H29NO7.2C2H4O2/c1-16(28)32-15-23-12-22(33-17(2)29)13-26(34-23)24-10-19(20(14-27)11-25(24)31-4)9-18-5-7-21(30-3)8-6-18;2*1-2(3)4/h5-8,10-11,22-23,26H,9,12-13,15H2,1-4H3;2*1H3,(H,3,4). The van der Waals surface area contributed by atoms with E-state index in [-0.39, 0.29) is 12.6 Å². The van der Waals surface area contributed by atoms with E-state index < -0.39 is 36.2 Å². The summed E-state index contributed by atoms with van der Waals surface area (Å²) in [4.78, 5) is 40.9. The van der Waals surface area contributed by atoms with Gasteiger partial charge in [-0.25, -0.2) is 0 Å². The van der Waals surface area contributed by atoms with Gasteiger partial charge in [0.15, 0.2) is 0 Å². The summed E-state index contributed by atoms with van der Waals surface area (Å²) in [6, 6.07) is 13.5. The number of ether oxygens (including phenoxy) is 5. The fraction of sp³-hybridized carbons (Fsp3) is 0.433. The van der Waals surface area contributed by atoms with E-state index in [0.717, 1.165) is 36.3 Å². The smallest absolute Gasteiger partial charge is 0.302 e. The maximum Gasteiger partial charge on any atom is 0.302 e. The van der Waals surface area contributed by atoms with Crippen LogP contribution in [-0.4, -0.2) is 67.1 Å². The Labute approximate surface area is 244 Å². The molecule has 0 aromatic heterocycles. The average molecular weight is 588 g/mol. The summed E-state index contributed by atoms with van der Waals surface area (Å²) in [5, 5.41) is 24.6. The Bertz CT molecular complexity index is 1230. The molecule has 0 radical (unpaired) electrons. The molecule has 3 atom stereocenters. The van der Waals surface area contributed by atoms with Crippen LogP contribution in [0.15, 0.2) is 36.4 Å². The summed E-state index contributed by atoms with van der Waals surface area (Å²) < 4.78 is 27.7. The van der Waals surface area contributed by atoms with Gasteiger partial charge >= 0.3 is 11.9 Å².